The van der Waals surface area contributed by atoms with Gasteiger partial charge < -0.3 is 10.4 Å². The Balaban J connectivity index is 1.97. The van der Waals surface area contributed by atoms with Gasteiger partial charge in [-0.15, -0.1) is 0 Å². The smallest absolute Gasteiger partial charge is 0.337 e. The lowest BCUT2D eigenvalue weighted by Gasteiger charge is -2.25. The van der Waals surface area contributed by atoms with Crippen molar-refractivity contribution in [3.05, 3.63) is 89.5 Å². The Bertz CT molecular complexity index is 1250. The van der Waals surface area contributed by atoms with E-state index in [2.05, 4.69) is 5.32 Å². The summed E-state index contributed by atoms with van der Waals surface area (Å²) < 4.78 is 28.0. The zero-order valence-corrected chi connectivity index (χ0v) is 19.5. The van der Waals surface area contributed by atoms with Crippen molar-refractivity contribution in [3.63, 3.8) is 0 Å². The lowest BCUT2D eigenvalue weighted by molar-refractivity contribution is -0.114. The van der Waals surface area contributed by atoms with E-state index in [1.165, 1.54) is 24.3 Å². The summed E-state index contributed by atoms with van der Waals surface area (Å²) in [5.74, 6) is -1.59. The fraction of sp³-hybridized carbons (Fsp3) is 0.200. The highest BCUT2D eigenvalue weighted by Gasteiger charge is 2.27. The van der Waals surface area contributed by atoms with Crippen LogP contribution in [0.25, 0.3) is 0 Å². The number of aryl methyl sites for hydroxylation is 1. The summed E-state index contributed by atoms with van der Waals surface area (Å²) in [7, 11) is -4.06. The van der Waals surface area contributed by atoms with Crippen LogP contribution >= 0.6 is 0 Å². The number of para-hydroxylation sites is 1. The molecule has 0 aliphatic rings. The zero-order chi connectivity index (χ0) is 24.2. The monoisotopic (exact) mass is 466 g/mol. The molecule has 0 atom stereocenters. The van der Waals surface area contributed by atoms with Crippen LogP contribution in [0.5, 0.6) is 0 Å². The number of carbonyl (C=O) groups excluding carboxylic acids is 1. The van der Waals surface area contributed by atoms with E-state index in [1.54, 1.807) is 36.4 Å². The van der Waals surface area contributed by atoms with Gasteiger partial charge in [0, 0.05) is 0 Å². The molecule has 0 aliphatic carbocycles. The number of carboxylic acids is 1. The molecule has 0 unspecified atom stereocenters. The van der Waals surface area contributed by atoms with Crippen molar-refractivity contribution in [2.45, 2.75) is 31.6 Å². The van der Waals surface area contributed by atoms with Gasteiger partial charge in [0.2, 0.25) is 5.91 Å². The second kappa shape index (κ2) is 9.87. The van der Waals surface area contributed by atoms with E-state index in [1.807, 2.05) is 32.9 Å². The molecule has 0 radical (unpaired) electrons. The summed E-state index contributed by atoms with van der Waals surface area (Å²) in [6.45, 7) is 5.39. The Labute approximate surface area is 193 Å². The molecule has 1 amide bonds. The molecular formula is C25H26N2O5S. The molecule has 0 saturated carbocycles. The summed E-state index contributed by atoms with van der Waals surface area (Å²) >= 11 is 0. The fourth-order valence-corrected chi connectivity index (χ4v) is 4.70. The molecule has 7 nitrogen and oxygen atoms in total. The van der Waals surface area contributed by atoms with Gasteiger partial charge in [-0.2, -0.15) is 0 Å². The first-order chi connectivity index (χ1) is 15.6. The third kappa shape index (κ3) is 5.59. The van der Waals surface area contributed by atoms with Crippen LogP contribution in [0.4, 0.5) is 11.4 Å². The Morgan fingerprint density at radius 3 is 2.12 bits per heavy atom. The predicted molar refractivity (Wildman–Crippen MR) is 128 cm³/mol. The number of hydrogen-bond acceptors (Lipinski definition) is 4. The maximum atomic E-state index is 13.5. The lowest BCUT2D eigenvalue weighted by Crippen LogP contribution is -2.38. The molecule has 0 heterocycles. The molecule has 0 aliphatic heterocycles. The Morgan fingerprint density at radius 1 is 0.939 bits per heavy atom. The Morgan fingerprint density at radius 2 is 1.55 bits per heavy atom. The van der Waals surface area contributed by atoms with Gasteiger partial charge in [0.05, 0.1) is 21.8 Å². The minimum atomic E-state index is -4.06. The van der Waals surface area contributed by atoms with Crippen molar-refractivity contribution in [2.75, 3.05) is 16.2 Å². The molecule has 8 heteroatoms. The van der Waals surface area contributed by atoms with Crippen LogP contribution in [0.15, 0.2) is 77.7 Å². The maximum Gasteiger partial charge on any atom is 0.337 e. The number of aromatic carboxylic acids is 1. The highest BCUT2D eigenvalue weighted by molar-refractivity contribution is 7.92. The van der Waals surface area contributed by atoms with Crippen LogP contribution in [0.2, 0.25) is 0 Å². The topological polar surface area (TPSA) is 104 Å². The summed E-state index contributed by atoms with van der Waals surface area (Å²) in [5, 5.41) is 11.9. The molecule has 0 bridgehead atoms. The third-order valence-electron chi connectivity index (χ3n) is 5.18. The molecule has 2 N–H and O–H groups in total. The summed E-state index contributed by atoms with van der Waals surface area (Å²) in [4.78, 5) is 24.4. The molecule has 0 aromatic heterocycles. The average molecular weight is 467 g/mol. The zero-order valence-electron chi connectivity index (χ0n) is 18.6. The van der Waals surface area contributed by atoms with Gasteiger partial charge in [-0.05, 0) is 54.8 Å². The Kier molecular flexibility index (Phi) is 7.18. The van der Waals surface area contributed by atoms with E-state index in [0.717, 1.165) is 15.4 Å². The van der Waals surface area contributed by atoms with E-state index in [-0.39, 0.29) is 22.1 Å². The van der Waals surface area contributed by atoms with Gasteiger partial charge >= 0.3 is 5.97 Å². The van der Waals surface area contributed by atoms with Crippen LogP contribution in [0.3, 0.4) is 0 Å². The quantitative estimate of drug-likeness (QED) is 0.503. The van der Waals surface area contributed by atoms with Gasteiger partial charge in [-0.3, -0.25) is 9.10 Å². The fourth-order valence-electron chi connectivity index (χ4n) is 3.28. The van der Waals surface area contributed by atoms with E-state index in [9.17, 15) is 23.1 Å². The summed E-state index contributed by atoms with van der Waals surface area (Å²) in [6.07, 6.45) is 0. The number of amides is 1. The van der Waals surface area contributed by atoms with E-state index in [4.69, 9.17) is 0 Å². The molecule has 3 aromatic carbocycles. The molecular weight excluding hydrogens is 440 g/mol. The van der Waals surface area contributed by atoms with Crippen LogP contribution in [0.1, 0.15) is 41.3 Å². The second-order valence-corrected chi connectivity index (χ2v) is 9.83. The molecule has 3 rings (SSSR count). The number of hydrogen-bond donors (Lipinski definition) is 2. The van der Waals surface area contributed by atoms with E-state index in [0.29, 0.717) is 5.69 Å². The number of sulfonamides is 1. The highest BCUT2D eigenvalue weighted by atomic mass is 32.2. The normalized spacial score (nSPS) is 11.3. The predicted octanol–water partition coefficient (Wildman–Crippen LogP) is 4.65. The molecule has 33 heavy (non-hydrogen) atoms. The lowest BCUT2D eigenvalue weighted by atomic mass is 10.0. The van der Waals surface area contributed by atoms with Gasteiger partial charge in [0.1, 0.15) is 6.54 Å². The highest BCUT2D eigenvalue weighted by Crippen LogP contribution is 2.26. The van der Waals surface area contributed by atoms with Gasteiger partial charge in [-0.1, -0.05) is 55.8 Å². The summed E-state index contributed by atoms with van der Waals surface area (Å²) in [6, 6.07) is 19.3. The summed E-state index contributed by atoms with van der Waals surface area (Å²) in [5.41, 5.74) is 2.29. The molecule has 3 aromatic rings. The number of anilines is 2. The molecule has 0 fully saturated rings. The van der Waals surface area contributed by atoms with Crippen LogP contribution < -0.4 is 9.62 Å². The number of benzene rings is 3. The van der Waals surface area contributed by atoms with Crippen LogP contribution in [-0.2, 0) is 14.8 Å². The number of carboxylic acid groups (broad SMARTS) is 1. The second-order valence-electron chi connectivity index (χ2n) is 7.97. The minimum absolute atomic E-state index is 0.0553. The first-order valence-electron chi connectivity index (χ1n) is 10.4. The van der Waals surface area contributed by atoms with E-state index < -0.39 is 28.4 Å². The van der Waals surface area contributed by atoms with Crippen LogP contribution in [-0.4, -0.2) is 31.9 Å². The maximum absolute atomic E-state index is 13.5. The molecule has 172 valence electrons. The molecule has 0 spiro atoms. The van der Waals surface area contributed by atoms with Crippen molar-refractivity contribution >= 4 is 33.3 Å². The van der Waals surface area contributed by atoms with Crippen LogP contribution in [0, 0.1) is 6.92 Å². The first kappa shape index (κ1) is 24.0. The standard InChI is InChI=1S/C25H26N2O5S/c1-17(2)19-10-12-20(13-11-19)27(33(31,32)21-14-8-18(3)9-15-21)16-24(28)26-23-7-5-4-6-22(23)25(29)30/h4-15,17H,16H2,1-3H3,(H,26,28)(H,29,30). The average Bonchev–Trinajstić information content (AvgIpc) is 2.78. The number of nitrogens with zero attached hydrogens (tertiary/aromatic N) is 1. The third-order valence-corrected chi connectivity index (χ3v) is 6.96. The first-order valence-corrected chi connectivity index (χ1v) is 11.8. The van der Waals surface area contributed by atoms with Crippen molar-refractivity contribution in [1.82, 2.24) is 0 Å². The number of rotatable bonds is 8. The van der Waals surface area contributed by atoms with Gasteiger partial charge in [-0.25, -0.2) is 13.2 Å². The van der Waals surface area contributed by atoms with Crippen molar-refractivity contribution < 1.29 is 23.1 Å². The van der Waals surface area contributed by atoms with Crippen molar-refractivity contribution in [3.8, 4) is 0 Å². The van der Waals surface area contributed by atoms with Gasteiger partial charge in [0.25, 0.3) is 10.0 Å². The largest absolute Gasteiger partial charge is 0.478 e. The Hall–Kier alpha value is -3.65. The minimum Gasteiger partial charge on any atom is -0.478 e. The van der Waals surface area contributed by atoms with Gasteiger partial charge in [0.15, 0.2) is 0 Å². The van der Waals surface area contributed by atoms with Crippen molar-refractivity contribution in [1.29, 1.82) is 0 Å². The number of nitrogens with one attached hydrogen (secondary N) is 1. The SMILES string of the molecule is Cc1ccc(S(=O)(=O)N(CC(=O)Nc2ccccc2C(=O)O)c2ccc(C(C)C)cc2)cc1. The molecule has 0 saturated heterocycles. The van der Waals surface area contributed by atoms with E-state index >= 15 is 0 Å². The number of carbonyl (C=O) groups is 2. The van der Waals surface area contributed by atoms with Crippen molar-refractivity contribution in [2.24, 2.45) is 0 Å².